The lowest BCUT2D eigenvalue weighted by molar-refractivity contribution is -0.141. The van der Waals surface area contributed by atoms with Crippen LogP contribution in [0.3, 0.4) is 0 Å². The Morgan fingerprint density at radius 3 is 2.39 bits per heavy atom. The monoisotopic (exact) mass is 454 g/mol. The zero-order valence-corrected chi connectivity index (χ0v) is 19.1. The number of hydrogen-bond donors (Lipinski definition) is 2. The molecule has 6 nitrogen and oxygen atoms in total. The lowest BCUT2D eigenvalue weighted by atomic mass is 10.1. The first-order valence-electron chi connectivity index (χ1n) is 10.4. The maximum absolute atomic E-state index is 12.9. The molecule has 0 heterocycles. The first-order valence-corrected chi connectivity index (χ1v) is 10.8. The van der Waals surface area contributed by atoms with Gasteiger partial charge in [-0.25, -0.2) is 4.39 Å². The molecule has 0 saturated heterocycles. The molecule has 2 saturated carbocycles. The molecule has 0 spiro atoms. The maximum atomic E-state index is 12.9. The van der Waals surface area contributed by atoms with Crippen LogP contribution < -0.4 is 10.6 Å². The van der Waals surface area contributed by atoms with Crippen LogP contribution in [0.2, 0.25) is 5.02 Å². The average Bonchev–Trinajstić information content (AvgIpc) is 3.68. The van der Waals surface area contributed by atoms with E-state index in [2.05, 4.69) is 22.3 Å². The third kappa shape index (κ3) is 12.9. The number of rotatable bonds is 8. The summed E-state index contributed by atoms with van der Waals surface area (Å²) in [6.45, 7) is 2.22. The molecule has 0 aliphatic heterocycles. The second-order valence-electron chi connectivity index (χ2n) is 7.66. The Morgan fingerprint density at radius 2 is 1.94 bits per heavy atom. The number of ether oxygens (including phenoxy) is 1. The van der Waals surface area contributed by atoms with E-state index in [-0.39, 0.29) is 18.5 Å². The Kier molecular flexibility index (Phi) is 12.7. The highest BCUT2D eigenvalue weighted by Gasteiger charge is 2.28. The fourth-order valence-electron chi connectivity index (χ4n) is 2.34. The van der Waals surface area contributed by atoms with Crippen molar-refractivity contribution in [2.24, 2.45) is 11.8 Å². The minimum absolute atomic E-state index is 0.0574. The topological polar surface area (TPSA) is 84.5 Å². The summed E-state index contributed by atoms with van der Waals surface area (Å²) in [5.41, 5.74) is 0.353. The number of likely N-dealkylation sites (N-methyl/N-ethyl adjacent to an activating group) is 1. The molecule has 172 valence electrons. The highest BCUT2D eigenvalue weighted by molar-refractivity contribution is 6.30. The molecule has 2 fully saturated rings. The first kappa shape index (κ1) is 26.8. The van der Waals surface area contributed by atoms with Crippen LogP contribution in [-0.4, -0.2) is 44.9 Å². The molecule has 0 bridgehead atoms. The van der Waals surface area contributed by atoms with Crippen LogP contribution in [0.25, 0.3) is 6.08 Å². The van der Waals surface area contributed by atoms with Gasteiger partial charge in [0.15, 0.2) is 0 Å². The lowest BCUT2D eigenvalue weighted by Crippen LogP contribution is -2.44. The fourth-order valence-corrected chi connectivity index (χ4v) is 2.50. The third-order valence-corrected chi connectivity index (χ3v) is 4.98. The van der Waals surface area contributed by atoms with Crippen LogP contribution in [-0.2, 0) is 19.1 Å². The van der Waals surface area contributed by atoms with Gasteiger partial charge in [-0.3, -0.25) is 14.4 Å². The molecule has 31 heavy (non-hydrogen) atoms. The summed E-state index contributed by atoms with van der Waals surface area (Å²) in [7, 11) is 3.05. The number of carbonyl (C=O) groups is 3. The van der Waals surface area contributed by atoms with Crippen LogP contribution in [0, 0.1) is 17.7 Å². The van der Waals surface area contributed by atoms with E-state index in [1.54, 1.807) is 13.1 Å². The molecule has 2 N–H and O–H groups in total. The normalized spacial score (nSPS) is 15.6. The smallest absolute Gasteiger partial charge is 0.325 e. The predicted molar refractivity (Wildman–Crippen MR) is 120 cm³/mol. The van der Waals surface area contributed by atoms with Crippen molar-refractivity contribution >= 4 is 35.8 Å². The van der Waals surface area contributed by atoms with E-state index in [0.29, 0.717) is 22.8 Å². The summed E-state index contributed by atoms with van der Waals surface area (Å²) in [5, 5.41) is 5.84. The molecule has 1 aromatic carbocycles. The van der Waals surface area contributed by atoms with Gasteiger partial charge in [-0.15, -0.1) is 0 Å². The van der Waals surface area contributed by atoms with Crippen molar-refractivity contribution in [3.63, 3.8) is 0 Å². The van der Waals surface area contributed by atoms with Gasteiger partial charge in [0.25, 0.3) is 0 Å². The Balaban J connectivity index is 0.000000266. The van der Waals surface area contributed by atoms with Gasteiger partial charge in [0, 0.05) is 10.6 Å². The quantitative estimate of drug-likeness (QED) is 0.355. The SMILES string of the molecule is CC1CC1.CNC(CC1CC1)C(=O)NCC(=O)OC.O=C/C=C/c1ccc(Cl)cc1F. The highest BCUT2D eigenvalue weighted by Crippen LogP contribution is 2.33. The molecule has 2 aliphatic carbocycles. The zero-order valence-electron chi connectivity index (χ0n) is 18.3. The molecular formula is C23H32ClFN2O4. The largest absolute Gasteiger partial charge is 0.468 e. The molecule has 1 aromatic rings. The van der Waals surface area contributed by atoms with Gasteiger partial charge >= 0.3 is 5.97 Å². The summed E-state index contributed by atoms with van der Waals surface area (Å²) in [5.74, 6) is 0.770. The predicted octanol–water partition coefficient (Wildman–Crippen LogP) is 3.77. The summed E-state index contributed by atoms with van der Waals surface area (Å²) in [6.07, 6.45) is 9.45. The lowest BCUT2D eigenvalue weighted by Gasteiger charge is -2.14. The van der Waals surface area contributed by atoms with E-state index in [1.165, 1.54) is 57.1 Å². The van der Waals surface area contributed by atoms with E-state index >= 15 is 0 Å². The van der Waals surface area contributed by atoms with Gasteiger partial charge in [0.05, 0.1) is 13.2 Å². The van der Waals surface area contributed by atoms with E-state index in [4.69, 9.17) is 11.6 Å². The van der Waals surface area contributed by atoms with Crippen molar-refractivity contribution in [2.45, 2.75) is 45.1 Å². The summed E-state index contributed by atoms with van der Waals surface area (Å²) in [4.78, 5) is 32.3. The number of carbonyl (C=O) groups excluding carboxylic acids is 3. The number of esters is 1. The van der Waals surface area contributed by atoms with Crippen LogP contribution in [0.1, 0.15) is 44.6 Å². The number of halogens is 2. The minimum Gasteiger partial charge on any atom is -0.468 e. The van der Waals surface area contributed by atoms with E-state index in [1.807, 2.05) is 0 Å². The van der Waals surface area contributed by atoms with Gasteiger partial charge < -0.3 is 15.4 Å². The number of amides is 1. The standard InChI is InChI=1S/C10H18N2O3.C9H6ClFO.C4H8/c1-11-8(5-7-3-4-7)10(14)12-6-9(13)15-2;10-8-4-3-7(2-1-5-12)9(11)6-8;1-4-2-3-4/h7-8,11H,3-6H2,1-2H3,(H,12,14);1-6H;4H,2-3H2,1H3/b;2-1+;. The molecule has 1 amide bonds. The Morgan fingerprint density at radius 1 is 1.29 bits per heavy atom. The molecular weight excluding hydrogens is 423 g/mol. The van der Waals surface area contributed by atoms with Crippen molar-refractivity contribution < 1.29 is 23.5 Å². The van der Waals surface area contributed by atoms with Crippen LogP contribution in [0.5, 0.6) is 0 Å². The number of aldehydes is 1. The van der Waals surface area contributed by atoms with E-state index in [9.17, 15) is 18.8 Å². The van der Waals surface area contributed by atoms with Gasteiger partial charge in [-0.05, 0) is 49.6 Å². The Bertz CT molecular complexity index is 749. The van der Waals surface area contributed by atoms with Crippen LogP contribution in [0.15, 0.2) is 24.3 Å². The number of allylic oxidation sites excluding steroid dienone is 1. The minimum atomic E-state index is -0.430. The van der Waals surface area contributed by atoms with Crippen molar-refractivity contribution in [1.29, 1.82) is 0 Å². The van der Waals surface area contributed by atoms with Crippen molar-refractivity contribution in [3.05, 3.63) is 40.7 Å². The van der Waals surface area contributed by atoms with Crippen LogP contribution >= 0.6 is 11.6 Å². The molecule has 1 unspecified atom stereocenters. The third-order valence-electron chi connectivity index (χ3n) is 4.75. The van der Waals surface area contributed by atoms with Crippen molar-refractivity contribution in [1.82, 2.24) is 10.6 Å². The van der Waals surface area contributed by atoms with Gasteiger partial charge in [0.2, 0.25) is 5.91 Å². The average molecular weight is 455 g/mol. The highest BCUT2D eigenvalue weighted by atomic mass is 35.5. The number of hydrogen-bond acceptors (Lipinski definition) is 5. The van der Waals surface area contributed by atoms with Gasteiger partial charge in [0.1, 0.15) is 18.6 Å². The van der Waals surface area contributed by atoms with E-state index in [0.717, 1.165) is 12.3 Å². The fraction of sp³-hybridized carbons (Fsp3) is 0.522. The number of benzene rings is 1. The Hall–Kier alpha value is -2.25. The second-order valence-corrected chi connectivity index (χ2v) is 8.09. The molecule has 1 atom stereocenters. The summed E-state index contributed by atoms with van der Waals surface area (Å²) in [6, 6.07) is 4.08. The maximum Gasteiger partial charge on any atom is 0.325 e. The molecule has 0 radical (unpaired) electrons. The van der Waals surface area contributed by atoms with Gasteiger partial charge in [-0.1, -0.05) is 50.3 Å². The zero-order chi connectivity index (χ0) is 23.2. The number of nitrogens with one attached hydrogen (secondary N) is 2. The first-order chi connectivity index (χ1) is 14.8. The summed E-state index contributed by atoms with van der Waals surface area (Å²) < 4.78 is 17.4. The molecule has 2 aliphatic rings. The Labute approximate surface area is 188 Å². The number of methoxy groups -OCH3 is 1. The van der Waals surface area contributed by atoms with E-state index < -0.39 is 11.8 Å². The molecule has 8 heteroatoms. The second kappa shape index (κ2) is 14.7. The molecule has 3 rings (SSSR count). The summed E-state index contributed by atoms with van der Waals surface area (Å²) >= 11 is 5.52. The van der Waals surface area contributed by atoms with Crippen molar-refractivity contribution in [2.75, 3.05) is 20.7 Å². The van der Waals surface area contributed by atoms with Crippen LogP contribution in [0.4, 0.5) is 4.39 Å². The molecule has 0 aromatic heterocycles. The van der Waals surface area contributed by atoms with Gasteiger partial charge in [-0.2, -0.15) is 0 Å². The van der Waals surface area contributed by atoms with Crippen molar-refractivity contribution in [3.8, 4) is 0 Å².